The van der Waals surface area contributed by atoms with Gasteiger partial charge < -0.3 is 15.8 Å². The van der Waals surface area contributed by atoms with Gasteiger partial charge >= 0.3 is 0 Å². The van der Waals surface area contributed by atoms with Gasteiger partial charge in [-0.25, -0.2) is 0 Å². The average molecular weight is 531 g/mol. The van der Waals surface area contributed by atoms with Crippen LogP contribution in [0.5, 0.6) is 0 Å². The molecule has 38 heavy (non-hydrogen) atoms. The highest BCUT2D eigenvalue weighted by Gasteiger charge is 2.35. The number of aromatic nitrogens is 1. The molecule has 7 heteroatoms. The van der Waals surface area contributed by atoms with Gasteiger partial charge in [0.15, 0.2) is 0 Å². The number of ether oxygens (including phenoxy) is 1. The summed E-state index contributed by atoms with van der Waals surface area (Å²) in [5, 5.41) is 3.78. The fraction of sp³-hybridized carbons (Fsp3) is 0.419. The maximum atomic E-state index is 11.4. The molecule has 1 saturated heterocycles. The van der Waals surface area contributed by atoms with Gasteiger partial charge in [0.05, 0.1) is 36.3 Å². The summed E-state index contributed by atoms with van der Waals surface area (Å²) in [5.74, 6) is -0.121. The molecule has 4 N–H and O–H groups in total. The van der Waals surface area contributed by atoms with Crippen LogP contribution in [0.3, 0.4) is 0 Å². The largest absolute Gasteiger partial charge is 0.377 e. The Kier molecular flexibility index (Phi) is 8.79. The summed E-state index contributed by atoms with van der Waals surface area (Å²) in [7, 11) is 0. The van der Waals surface area contributed by atoms with E-state index in [1.165, 1.54) is 51.9 Å². The van der Waals surface area contributed by atoms with Crippen molar-refractivity contribution in [1.82, 2.24) is 9.71 Å². The number of hydrogen-bond acceptors (Lipinski definition) is 6. The second-order valence-electron chi connectivity index (χ2n) is 10.7. The first-order valence-electron chi connectivity index (χ1n) is 13.7. The lowest BCUT2D eigenvalue weighted by atomic mass is 9.88. The number of pyridine rings is 1. The molecule has 0 unspecified atom stereocenters. The summed E-state index contributed by atoms with van der Waals surface area (Å²) < 4.78 is 8.86. The molecule has 3 aliphatic rings. The zero-order chi connectivity index (χ0) is 26.4. The van der Waals surface area contributed by atoms with Crippen molar-refractivity contribution >= 4 is 23.5 Å². The Morgan fingerprint density at radius 1 is 0.974 bits per heavy atom. The molecule has 1 aliphatic heterocycles. The number of hydrogen-bond donors (Lipinski definition) is 3. The maximum absolute atomic E-state index is 11.4. The molecule has 0 radical (unpaired) electrons. The van der Waals surface area contributed by atoms with E-state index in [9.17, 15) is 4.79 Å². The van der Waals surface area contributed by atoms with Crippen LogP contribution in [0.2, 0.25) is 0 Å². The van der Waals surface area contributed by atoms with Crippen molar-refractivity contribution in [3.63, 3.8) is 0 Å². The van der Waals surface area contributed by atoms with E-state index in [0.717, 1.165) is 39.2 Å². The molecule has 2 heterocycles. The molecule has 200 valence electrons. The molecular formula is C31H38N4O2S. The van der Waals surface area contributed by atoms with Crippen LogP contribution in [0.4, 0.5) is 5.69 Å². The normalized spacial score (nSPS) is 18.6. The average Bonchev–Trinajstić information content (AvgIpc) is 3.77. The van der Waals surface area contributed by atoms with Gasteiger partial charge in [0.1, 0.15) is 0 Å². The van der Waals surface area contributed by atoms with E-state index in [0.29, 0.717) is 18.9 Å². The van der Waals surface area contributed by atoms with Gasteiger partial charge in [-0.1, -0.05) is 85.8 Å². The lowest BCUT2D eigenvalue weighted by Crippen LogP contribution is -2.54. The summed E-state index contributed by atoms with van der Waals surface area (Å²) >= 11 is 2.00. The maximum Gasteiger partial charge on any atom is 0.221 e. The van der Waals surface area contributed by atoms with Crippen molar-refractivity contribution in [3.05, 3.63) is 72.4 Å². The Morgan fingerprint density at radius 3 is 2.29 bits per heavy atom. The monoisotopic (exact) mass is 530 g/mol. The lowest BCUT2D eigenvalue weighted by molar-refractivity contribution is -0.114. The Morgan fingerprint density at radius 2 is 1.68 bits per heavy atom. The van der Waals surface area contributed by atoms with Gasteiger partial charge in [0.2, 0.25) is 5.91 Å². The third-order valence-electron chi connectivity index (χ3n) is 7.28. The van der Waals surface area contributed by atoms with E-state index in [-0.39, 0.29) is 11.4 Å². The molecule has 2 aliphatic carbocycles. The second kappa shape index (κ2) is 12.4. The minimum absolute atomic E-state index is 0.121. The van der Waals surface area contributed by atoms with Crippen LogP contribution in [0.1, 0.15) is 57.4 Å². The Bertz CT molecular complexity index is 1200. The van der Waals surface area contributed by atoms with Crippen LogP contribution in [-0.4, -0.2) is 35.4 Å². The molecule has 3 fully saturated rings. The van der Waals surface area contributed by atoms with Gasteiger partial charge in [0, 0.05) is 29.3 Å². The second-order valence-corrected chi connectivity index (χ2v) is 11.8. The summed E-state index contributed by atoms with van der Waals surface area (Å²) in [6.45, 7) is 2.58. The number of anilines is 1. The molecular weight excluding hydrogens is 492 g/mol. The van der Waals surface area contributed by atoms with E-state index in [4.69, 9.17) is 10.5 Å². The topological polar surface area (TPSA) is 89.3 Å². The minimum atomic E-state index is -0.385. The van der Waals surface area contributed by atoms with Gasteiger partial charge in [0.25, 0.3) is 0 Å². The zero-order valence-electron chi connectivity index (χ0n) is 22.1. The molecule has 3 aromatic rings. The number of benzene rings is 2. The predicted octanol–water partition coefficient (Wildman–Crippen LogP) is 6.28. The minimum Gasteiger partial charge on any atom is -0.377 e. The van der Waals surface area contributed by atoms with Crippen molar-refractivity contribution in [3.8, 4) is 22.4 Å². The number of carbonyl (C=O) groups is 1. The van der Waals surface area contributed by atoms with Crippen LogP contribution < -0.4 is 15.8 Å². The van der Waals surface area contributed by atoms with Gasteiger partial charge in [-0.15, -0.1) is 0 Å². The number of nitrogens with two attached hydrogens (primary N) is 1. The lowest BCUT2D eigenvalue weighted by Gasteiger charge is -2.38. The number of nitrogens with one attached hydrogen (secondary N) is 2. The Hall–Kier alpha value is -2.71. The summed E-state index contributed by atoms with van der Waals surface area (Å²) in [4.78, 5) is 16.1. The van der Waals surface area contributed by atoms with E-state index in [1.54, 1.807) is 6.20 Å². The van der Waals surface area contributed by atoms with E-state index in [2.05, 4.69) is 15.0 Å². The quantitative estimate of drug-likeness (QED) is 0.312. The summed E-state index contributed by atoms with van der Waals surface area (Å²) in [6, 6.07) is 21.0. The van der Waals surface area contributed by atoms with E-state index in [1.807, 2.05) is 72.6 Å². The van der Waals surface area contributed by atoms with E-state index < -0.39 is 0 Å². The van der Waals surface area contributed by atoms with Crippen LogP contribution in [0.15, 0.2) is 66.9 Å². The van der Waals surface area contributed by atoms with Crippen molar-refractivity contribution in [2.24, 2.45) is 5.73 Å². The third-order valence-corrected chi connectivity index (χ3v) is 8.55. The standard InChI is InChI=1S/C22H21N3O2.C9H17NS/c1-15(26)25-19-11-20(16-5-3-2-4-6-16)21(24-12-19)17-7-9-18(10-8-17)22(23)13-27-14-22;1-2-4-8(5-3-1)10-11-9-6-7-9/h2-12H,13-14,23H2,1H3,(H,25,26);8-10H,1-7H2. The highest BCUT2D eigenvalue weighted by molar-refractivity contribution is 7.98. The van der Waals surface area contributed by atoms with Crippen LogP contribution in [0, 0.1) is 0 Å². The van der Waals surface area contributed by atoms with Crippen molar-refractivity contribution in [2.45, 2.75) is 68.7 Å². The highest BCUT2D eigenvalue weighted by Crippen LogP contribution is 2.35. The smallest absolute Gasteiger partial charge is 0.221 e. The molecule has 2 aromatic carbocycles. The molecule has 2 saturated carbocycles. The molecule has 0 spiro atoms. The highest BCUT2D eigenvalue weighted by atomic mass is 32.2. The number of rotatable bonds is 7. The van der Waals surface area contributed by atoms with Crippen molar-refractivity contribution < 1.29 is 9.53 Å². The molecule has 6 rings (SSSR count). The number of carbonyl (C=O) groups excluding carboxylic acids is 1. The Labute approximate surface area is 230 Å². The summed E-state index contributed by atoms with van der Waals surface area (Å²) in [5.41, 5.74) is 11.5. The fourth-order valence-corrected chi connectivity index (χ4v) is 5.84. The third kappa shape index (κ3) is 7.03. The molecule has 1 aromatic heterocycles. The van der Waals surface area contributed by atoms with Crippen molar-refractivity contribution in [2.75, 3.05) is 18.5 Å². The van der Waals surface area contributed by atoms with Gasteiger partial charge in [-0.3, -0.25) is 14.5 Å². The zero-order valence-corrected chi connectivity index (χ0v) is 22.9. The van der Waals surface area contributed by atoms with Crippen LogP contribution >= 0.6 is 11.9 Å². The molecule has 0 atom stereocenters. The van der Waals surface area contributed by atoms with Gasteiger partial charge in [-0.05, 0) is 42.9 Å². The molecule has 6 nitrogen and oxygen atoms in total. The number of nitrogens with zero attached hydrogens (tertiary/aromatic N) is 1. The Balaban J connectivity index is 0.000000222. The van der Waals surface area contributed by atoms with Crippen LogP contribution in [0.25, 0.3) is 22.4 Å². The first-order chi connectivity index (χ1) is 18.5. The number of amides is 1. The molecule has 1 amide bonds. The van der Waals surface area contributed by atoms with Crippen molar-refractivity contribution in [1.29, 1.82) is 0 Å². The summed E-state index contributed by atoms with van der Waals surface area (Å²) in [6.07, 6.45) is 11.8. The SMILES string of the molecule is C1CCC(NSC2CC2)CC1.CC(=O)Nc1cnc(-c2ccc(C3(N)COC3)cc2)c(-c2ccccc2)c1. The predicted molar refractivity (Wildman–Crippen MR) is 157 cm³/mol. The van der Waals surface area contributed by atoms with Crippen LogP contribution in [-0.2, 0) is 15.1 Å². The first kappa shape index (κ1) is 26.9. The molecule has 0 bridgehead atoms. The van der Waals surface area contributed by atoms with Gasteiger partial charge in [-0.2, -0.15) is 0 Å². The first-order valence-corrected chi connectivity index (χ1v) is 14.6. The fourth-order valence-electron chi connectivity index (χ4n) is 4.85. The van der Waals surface area contributed by atoms with E-state index >= 15 is 0 Å².